The van der Waals surface area contributed by atoms with Crippen molar-refractivity contribution in [3.63, 3.8) is 0 Å². The first-order valence-electron chi connectivity index (χ1n) is 7.34. The molecule has 0 N–H and O–H groups in total. The molecule has 0 unspecified atom stereocenters. The summed E-state index contributed by atoms with van der Waals surface area (Å²) in [7, 11) is 1.36. The lowest BCUT2D eigenvalue weighted by molar-refractivity contribution is -0.188. The van der Waals surface area contributed by atoms with E-state index in [2.05, 4.69) is 4.74 Å². The lowest BCUT2D eigenvalue weighted by atomic mass is 9.89. The fourth-order valence-corrected chi connectivity index (χ4v) is 2.36. The number of methoxy groups -OCH3 is 1. The van der Waals surface area contributed by atoms with Gasteiger partial charge in [0.15, 0.2) is 0 Å². The molecule has 0 aliphatic carbocycles. The molecule has 0 fully saturated rings. The van der Waals surface area contributed by atoms with E-state index in [-0.39, 0.29) is 24.2 Å². The summed E-state index contributed by atoms with van der Waals surface area (Å²) in [5, 5.41) is 0. The van der Waals surface area contributed by atoms with Crippen LogP contribution in [0, 0.1) is 17.8 Å². The largest absolute Gasteiger partial charge is 0.469 e. The summed E-state index contributed by atoms with van der Waals surface area (Å²) < 4.78 is 42.8. The van der Waals surface area contributed by atoms with E-state index in [9.17, 15) is 18.0 Å². The van der Waals surface area contributed by atoms with Gasteiger partial charge in [0.2, 0.25) is 0 Å². The zero-order valence-electron chi connectivity index (χ0n) is 12.9. The molecule has 20 heavy (non-hydrogen) atoms. The van der Waals surface area contributed by atoms with Gasteiger partial charge in [-0.05, 0) is 18.8 Å². The van der Waals surface area contributed by atoms with Gasteiger partial charge in [-0.3, -0.25) is 4.79 Å². The van der Waals surface area contributed by atoms with Gasteiger partial charge < -0.3 is 4.74 Å². The van der Waals surface area contributed by atoms with E-state index in [1.54, 1.807) is 13.8 Å². The fourth-order valence-electron chi connectivity index (χ4n) is 2.36. The van der Waals surface area contributed by atoms with Crippen molar-refractivity contribution in [3.8, 4) is 0 Å². The van der Waals surface area contributed by atoms with Crippen molar-refractivity contribution < 1.29 is 22.7 Å². The van der Waals surface area contributed by atoms with Gasteiger partial charge in [-0.25, -0.2) is 0 Å². The molecule has 0 aromatic heterocycles. The van der Waals surface area contributed by atoms with Crippen LogP contribution >= 0.6 is 0 Å². The molecule has 2 nitrogen and oxygen atoms in total. The predicted octanol–water partition coefficient (Wildman–Crippen LogP) is 4.97. The first kappa shape index (κ1) is 19.3. The van der Waals surface area contributed by atoms with E-state index >= 15 is 0 Å². The van der Waals surface area contributed by atoms with E-state index in [0.29, 0.717) is 6.42 Å². The second kappa shape index (κ2) is 9.24. The van der Waals surface area contributed by atoms with Crippen molar-refractivity contribution >= 4 is 5.97 Å². The van der Waals surface area contributed by atoms with Crippen molar-refractivity contribution in [1.29, 1.82) is 0 Å². The first-order valence-corrected chi connectivity index (χ1v) is 7.34. The Morgan fingerprint density at radius 1 is 1.00 bits per heavy atom. The van der Waals surface area contributed by atoms with Crippen LogP contribution in [0.15, 0.2) is 0 Å². The minimum Gasteiger partial charge on any atom is -0.469 e. The third kappa shape index (κ3) is 7.75. The summed E-state index contributed by atoms with van der Waals surface area (Å²) in [6.07, 6.45) is -0.0539. The van der Waals surface area contributed by atoms with Crippen molar-refractivity contribution in [2.45, 2.75) is 65.5 Å². The number of carbonyl (C=O) groups excluding carboxylic acids is 1. The number of hydrogen-bond acceptors (Lipinski definition) is 2. The topological polar surface area (TPSA) is 26.3 Å². The summed E-state index contributed by atoms with van der Waals surface area (Å²) >= 11 is 0. The van der Waals surface area contributed by atoms with Crippen molar-refractivity contribution in [3.05, 3.63) is 0 Å². The van der Waals surface area contributed by atoms with Crippen LogP contribution in [0.1, 0.15) is 59.3 Å². The molecule has 0 amide bonds. The number of halogens is 3. The van der Waals surface area contributed by atoms with Gasteiger partial charge in [-0.15, -0.1) is 0 Å². The number of ether oxygens (including phenoxy) is 1. The van der Waals surface area contributed by atoms with Crippen molar-refractivity contribution in [2.24, 2.45) is 17.8 Å². The second-order valence-electron chi connectivity index (χ2n) is 5.81. The molecular formula is C15H27F3O2. The quantitative estimate of drug-likeness (QED) is 0.443. The van der Waals surface area contributed by atoms with Crippen molar-refractivity contribution in [1.82, 2.24) is 0 Å². The zero-order valence-corrected chi connectivity index (χ0v) is 12.9. The highest BCUT2D eigenvalue weighted by Crippen LogP contribution is 2.35. The van der Waals surface area contributed by atoms with E-state index in [0.717, 1.165) is 25.7 Å². The van der Waals surface area contributed by atoms with Crippen LogP contribution in [0.5, 0.6) is 0 Å². The molecular weight excluding hydrogens is 269 g/mol. The minimum absolute atomic E-state index is 0.126. The maximum Gasteiger partial charge on any atom is 0.392 e. The Morgan fingerprint density at radius 3 is 1.90 bits per heavy atom. The first-order chi connectivity index (χ1) is 9.20. The summed E-state index contributed by atoms with van der Waals surface area (Å²) in [6.45, 7) is 5.05. The number of unbranched alkanes of at least 4 members (excludes halogenated alkanes) is 3. The lowest BCUT2D eigenvalue weighted by Crippen LogP contribution is -2.27. The maximum atomic E-state index is 12.7. The van der Waals surface area contributed by atoms with E-state index < -0.39 is 12.1 Å². The monoisotopic (exact) mass is 296 g/mol. The maximum absolute atomic E-state index is 12.7. The molecule has 0 aromatic carbocycles. The normalized spacial score (nSPS) is 15.2. The van der Waals surface area contributed by atoms with Gasteiger partial charge >= 0.3 is 12.1 Å². The average Bonchev–Trinajstić information content (AvgIpc) is 2.34. The Balaban J connectivity index is 3.78. The molecule has 0 saturated heterocycles. The number of esters is 1. The SMILES string of the molecule is COC(=O)[C@@H](C)CCCCCC[C@@H](C(C)C)C(F)(F)F. The zero-order chi connectivity index (χ0) is 15.8. The Hall–Kier alpha value is -0.740. The van der Waals surface area contributed by atoms with E-state index in [1.807, 2.05) is 6.92 Å². The van der Waals surface area contributed by atoms with Gasteiger partial charge in [-0.2, -0.15) is 13.2 Å². The van der Waals surface area contributed by atoms with Crippen LogP contribution in [-0.2, 0) is 9.53 Å². The molecule has 0 spiro atoms. The van der Waals surface area contributed by atoms with Crippen LogP contribution in [-0.4, -0.2) is 19.3 Å². The molecule has 2 atom stereocenters. The standard InChI is InChI=1S/C15H27F3O2/c1-11(2)13(15(16,17)18)10-8-6-5-7-9-12(3)14(19)20-4/h11-13H,5-10H2,1-4H3/t12-,13-/m0/s1. The summed E-state index contributed by atoms with van der Waals surface area (Å²) in [5.41, 5.74) is 0. The van der Waals surface area contributed by atoms with E-state index in [4.69, 9.17) is 0 Å². The molecule has 0 bridgehead atoms. The molecule has 0 rings (SSSR count). The molecule has 0 aliphatic heterocycles. The molecule has 120 valence electrons. The third-order valence-electron chi connectivity index (χ3n) is 3.73. The van der Waals surface area contributed by atoms with Gasteiger partial charge in [0.25, 0.3) is 0 Å². The minimum atomic E-state index is -4.09. The van der Waals surface area contributed by atoms with E-state index in [1.165, 1.54) is 7.11 Å². The van der Waals surface area contributed by atoms with Crippen LogP contribution < -0.4 is 0 Å². The Bertz CT molecular complexity index is 275. The molecule has 0 radical (unpaired) electrons. The Morgan fingerprint density at radius 2 is 1.50 bits per heavy atom. The fraction of sp³-hybridized carbons (Fsp3) is 0.933. The predicted molar refractivity (Wildman–Crippen MR) is 73.3 cm³/mol. The van der Waals surface area contributed by atoms with Gasteiger partial charge in [0.05, 0.1) is 18.9 Å². The number of rotatable bonds is 9. The summed E-state index contributed by atoms with van der Waals surface area (Å²) in [5.74, 6) is -1.91. The number of hydrogen-bond donors (Lipinski definition) is 0. The van der Waals surface area contributed by atoms with Crippen LogP contribution in [0.25, 0.3) is 0 Å². The van der Waals surface area contributed by atoms with Gasteiger partial charge in [-0.1, -0.05) is 46.5 Å². The molecule has 0 aliphatic rings. The second-order valence-corrected chi connectivity index (χ2v) is 5.81. The third-order valence-corrected chi connectivity index (χ3v) is 3.73. The summed E-state index contributed by atoms with van der Waals surface area (Å²) in [4.78, 5) is 11.2. The van der Waals surface area contributed by atoms with Gasteiger partial charge in [0.1, 0.15) is 0 Å². The Labute approximate surface area is 120 Å². The van der Waals surface area contributed by atoms with Crippen LogP contribution in [0.3, 0.4) is 0 Å². The van der Waals surface area contributed by atoms with Gasteiger partial charge in [0, 0.05) is 0 Å². The average molecular weight is 296 g/mol. The highest BCUT2D eigenvalue weighted by atomic mass is 19.4. The number of alkyl halides is 3. The summed E-state index contributed by atoms with van der Waals surface area (Å²) in [6, 6.07) is 0. The molecule has 0 saturated carbocycles. The van der Waals surface area contributed by atoms with Crippen molar-refractivity contribution in [2.75, 3.05) is 7.11 Å². The van der Waals surface area contributed by atoms with Crippen LogP contribution in [0.2, 0.25) is 0 Å². The highest BCUT2D eigenvalue weighted by Gasteiger charge is 2.40. The van der Waals surface area contributed by atoms with Crippen LogP contribution in [0.4, 0.5) is 13.2 Å². The number of carbonyl (C=O) groups is 1. The molecule has 5 heteroatoms. The Kier molecular flexibility index (Phi) is 8.90. The highest BCUT2D eigenvalue weighted by molar-refractivity contribution is 5.71. The molecule has 0 heterocycles. The molecule has 0 aromatic rings. The lowest BCUT2D eigenvalue weighted by Gasteiger charge is -2.23. The smallest absolute Gasteiger partial charge is 0.392 e.